The van der Waals surface area contributed by atoms with E-state index in [0.29, 0.717) is 0 Å². The summed E-state index contributed by atoms with van der Waals surface area (Å²) >= 11 is 6.28. The van der Waals surface area contributed by atoms with E-state index in [4.69, 9.17) is 32.0 Å². The minimum Gasteiger partial charge on any atom is -0.494 e. The van der Waals surface area contributed by atoms with Crippen molar-refractivity contribution in [2.75, 3.05) is 13.2 Å². The number of aliphatic hydroxyl groups excluding tert-OH is 1. The lowest BCUT2D eigenvalue weighted by Gasteiger charge is -2.40. The van der Waals surface area contributed by atoms with Crippen molar-refractivity contribution in [1.82, 2.24) is 0 Å². The average molecular weight is 417 g/mol. The van der Waals surface area contributed by atoms with Crippen LogP contribution < -0.4 is 4.74 Å². The normalized spacial score (nSPS) is 42.1. The number of hydrogen-bond acceptors (Lipinski definition) is 6. The third kappa shape index (κ3) is 4.49. The van der Waals surface area contributed by atoms with Crippen LogP contribution >= 0.6 is 11.6 Å². The van der Waals surface area contributed by atoms with E-state index in [1.807, 2.05) is 0 Å². The van der Waals surface area contributed by atoms with Crippen molar-refractivity contribution in [2.45, 2.75) is 43.8 Å². The Morgan fingerprint density at radius 3 is 2.50 bits per heavy atom. The van der Waals surface area contributed by atoms with E-state index in [0.717, 1.165) is 0 Å². The zero-order valence-electron chi connectivity index (χ0n) is 22.9. The van der Waals surface area contributed by atoms with Crippen LogP contribution in [0.3, 0.4) is 0 Å². The summed E-state index contributed by atoms with van der Waals surface area (Å²) in [6.07, 6.45) is -16.1. The predicted octanol–water partition coefficient (Wildman–Crippen LogP) is 1.84. The van der Waals surface area contributed by atoms with Crippen molar-refractivity contribution in [1.29, 1.82) is 0 Å². The van der Waals surface area contributed by atoms with Crippen LogP contribution in [0.4, 0.5) is 0 Å². The van der Waals surface area contributed by atoms with Gasteiger partial charge >= 0.3 is 0 Å². The molecule has 0 aliphatic carbocycles. The number of rotatable bonds is 6. The number of aliphatic hydroxyl groups is 4. The van der Waals surface area contributed by atoms with E-state index in [1.165, 1.54) is 18.2 Å². The van der Waals surface area contributed by atoms with Gasteiger partial charge in [-0.15, -0.1) is 0 Å². The standard InChI is InChI=1S/C21H25ClO6/c1-2-27-15-6-3-12(4-7-15)9-14-10-13(5-8-16(14)22)21-20(26)19(25)18(24)17(11-23)28-21/h3-8,10,17-21,23-26H,2,9,11H2,1H3/t17-,18-,19+,20-,21+/m1/s1/i3D,4D,6D,7D,17D,18D,19D,20D. The minimum absolute atomic E-state index is 0.0408. The Bertz CT molecular complexity index is 1150. The molecule has 1 aliphatic heterocycles. The van der Waals surface area contributed by atoms with Gasteiger partial charge in [0.1, 0.15) is 36.2 Å². The molecule has 4 N–H and O–H groups in total. The lowest BCUT2D eigenvalue weighted by atomic mass is 9.90. The van der Waals surface area contributed by atoms with E-state index < -0.39 is 49.1 Å². The summed E-state index contributed by atoms with van der Waals surface area (Å²) in [5, 5.41) is 41.0. The van der Waals surface area contributed by atoms with E-state index in [2.05, 4.69) is 0 Å². The van der Waals surface area contributed by atoms with Gasteiger partial charge in [-0.25, -0.2) is 0 Å². The topological polar surface area (TPSA) is 99.4 Å². The van der Waals surface area contributed by atoms with E-state index >= 15 is 0 Å². The van der Waals surface area contributed by atoms with Gasteiger partial charge in [0.25, 0.3) is 0 Å². The number of ether oxygens (including phenoxy) is 2. The lowest BCUT2D eigenvalue weighted by molar-refractivity contribution is -0.231. The quantitative estimate of drug-likeness (QED) is 0.573. The van der Waals surface area contributed by atoms with Gasteiger partial charge in [-0.05, 0) is 48.2 Å². The van der Waals surface area contributed by atoms with Crippen LogP contribution in [0.1, 0.15) is 40.7 Å². The molecule has 0 amide bonds. The number of halogens is 1. The second-order valence-corrected chi connectivity index (χ2v) is 6.34. The van der Waals surface area contributed by atoms with Crippen molar-refractivity contribution >= 4 is 11.6 Å². The Hall–Kier alpha value is -1.67. The summed E-state index contributed by atoms with van der Waals surface area (Å²) in [5.41, 5.74) is -0.00129. The zero-order chi connectivity index (χ0) is 27.4. The monoisotopic (exact) mass is 416 g/mol. The fourth-order valence-corrected chi connectivity index (χ4v) is 2.87. The van der Waals surface area contributed by atoms with Gasteiger partial charge in [-0.2, -0.15) is 0 Å². The average Bonchev–Trinajstić information content (AvgIpc) is 2.81. The van der Waals surface area contributed by atoms with Gasteiger partial charge in [0.05, 0.1) is 24.2 Å². The SMILES string of the molecule is [2H]c1c([2H])c(OCC)c([2H])c([2H])c1Cc1cc([C@@H]2O[C@]([2H])(CO)[C@@]([2H])(O)[C@]([2H])(O)[C@@]2([2H])O)ccc1Cl. The second kappa shape index (κ2) is 9.22. The number of hydrogen-bond donors (Lipinski definition) is 4. The molecule has 0 radical (unpaired) electrons. The molecule has 2 aromatic carbocycles. The molecule has 1 saturated heterocycles. The molecule has 152 valence electrons. The van der Waals surface area contributed by atoms with Crippen molar-refractivity contribution in [3.05, 3.63) is 64.1 Å². The highest BCUT2D eigenvalue weighted by Gasteiger charge is 2.43. The fourth-order valence-electron chi connectivity index (χ4n) is 2.68. The molecule has 0 saturated carbocycles. The summed E-state index contributed by atoms with van der Waals surface area (Å²) in [7, 11) is 0. The van der Waals surface area contributed by atoms with Crippen LogP contribution in [0, 0.1) is 0 Å². The summed E-state index contributed by atoms with van der Waals surface area (Å²) in [5.74, 6) is -0.209. The van der Waals surface area contributed by atoms with E-state index in [-0.39, 0.29) is 52.6 Å². The molecule has 7 heteroatoms. The lowest BCUT2D eigenvalue weighted by Crippen LogP contribution is -2.55. The van der Waals surface area contributed by atoms with Crippen molar-refractivity contribution in [3.8, 4) is 5.75 Å². The van der Waals surface area contributed by atoms with Crippen LogP contribution in [0.5, 0.6) is 5.75 Å². The van der Waals surface area contributed by atoms with Crippen LogP contribution in [-0.4, -0.2) is 58.0 Å². The molecule has 5 atom stereocenters. The molecular weight excluding hydrogens is 384 g/mol. The predicted molar refractivity (Wildman–Crippen MR) is 105 cm³/mol. The van der Waals surface area contributed by atoms with Gasteiger partial charge in [0.2, 0.25) is 0 Å². The third-order valence-corrected chi connectivity index (χ3v) is 4.43. The molecule has 1 aliphatic rings. The first-order valence-electron chi connectivity index (χ1n) is 12.4. The van der Waals surface area contributed by atoms with Crippen LogP contribution in [0.15, 0.2) is 42.4 Å². The maximum atomic E-state index is 10.7. The first-order chi connectivity index (χ1) is 16.5. The molecular formula is C21H25ClO6. The molecule has 6 nitrogen and oxygen atoms in total. The molecule has 3 rings (SSSR count). The Morgan fingerprint density at radius 1 is 1.14 bits per heavy atom. The molecule has 28 heavy (non-hydrogen) atoms. The van der Waals surface area contributed by atoms with E-state index in [9.17, 15) is 20.4 Å². The maximum Gasteiger partial charge on any atom is 0.119 e. The summed E-state index contributed by atoms with van der Waals surface area (Å²) in [4.78, 5) is 0. The second-order valence-electron chi connectivity index (χ2n) is 5.93. The highest BCUT2D eigenvalue weighted by molar-refractivity contribution is 6.31. The first-order valence-corrected chi connectivity index (χ1v) is 8.82. The Morgan fingerprint density at radius 2 is 1.86 bits per heavy atom. The summed E-state index contributed by atoms with van der Waals surface area (Å²) in [6.45, 7) is 0.396. The van der Waals surface area contributed by atoms with Gasteiger partial charge < -0.3 is 29.9 Å². The molecule has 2 aromatic rings. The maximum absolute atomic E-state index is 10.7. The zero-order valence-corrected chi connectivity index (χ0v) is 15.7. The molecule has 0 unspecified atom stereocenters. The Labute approximate surface area is 180 Å². The minimum atomic E-state index is -3.72. The van der Waals surface area contributed by atoms with Crippen LogP contribution in [-0.2, 0) is 11.2 Å². The fraction of sp³-hybridized carbons (Fsp3) is 0.429. The van der Waals surface area contributed by atoms with Gasteiger partial charge in [0.15, 0.2) is 0 Å². The highest BCUT2D eigenvalue weighted by atomic mass is 35.5. The summed E-state index contributed by atoms with van der Waals surface area (Å²) < 4.78 is 75.3. The van der Waals surface area contributed by atoms with Crippen LogP contribution in [0.2, 0.25) is 5.02 Å². The molecule has 0 bridgehead atoms. The molecule has 1 heterocycles. The Kier molecular flexibility index (Phi) is 4.21. The van der Waals surface area contributed by atoms with Crippen molar-refractivity contribution < 1.29 is 40.9 Å². The highest BCUT2D eigenvalue weighted by Crippen LogP contribution is 2.34. The smallest absolute Gasteiger partial charge is 0.119 e. The largest absolute Gasteiger partial charge is 0.494 e. The van der Waals surface area contributed by atoms with Crippen molar-refractivity contribution in [3.63, 3.8) is 0 Å². The molecule has 1 fully saturated rings. The molecule has 0 spiro atoms. The Balaban J connectivity index is 2.12. The van der Waals surface area contributed by atoms with Crippen LogP contribution in [0.25, 0.3) is 0 Å². The van der Waals surface area contributed by atoms with Gasteiger partial charge in [0, 0.05) is 5.02 Å². The third-order valence-electron chi connectivity index (χ3n) is 4.07. The van der Waals surface area contributed by atoms with Gasteiger partial charge in [-0.1, -0.05) is 35.8 Å². The molecule has 0 aromatic heterocycles. The first kappa shape index (κ1) is 12.8. The number of benzene rings is 2. The van der Waals surface area contributed by atoms with Gasteiger partial charge in [-0.3, -0.25) is 0 Å². The van der Waals surface area contributed by atoms with Crippen molar-refractivity contribution in [2.24, 2.45) is 0 Å². The summed E-state index contributed by atoms with van der Waals surface area (Å²) in [6, 6.07) is 2.20. The van der Waals surface area contributed by atoms with E-state index in [1.54, 1.807) is 6.92 Å².